The second-order valence-corrected chi connectivity index (χ2v) is 7.24. The van der Waals surface area contributed by atoms with Gasteiger partial charge in [0, 0.05) is 37.6 Å². The Hall–Kier alpha value is -3.33. The third kappa shape index (κ3) is 3.63. The molecule has 0 saturated heterocycles. The second-order valence-electron chi connectivity index (χ2n) is 7.24. The number of anilines is 3. The molecule has 1 fully saturated rings. The third-order valence-electron chi connectivity index (χ3n) is 5.18. The molecule has 5 N–H and O–H groups in total. The molecule has 9 heteroatoms. The zero-order valence-corrected chi connectivity index (χ0v) is 16.6. The van der Waals surface area contributed by atoms with Gasteiger partial charge in [0.2, 0.25) is 0 Å². The van der Waals surface area contributed by atoms with Crippen LogP contribution >= 0.6 is 0 Å². The van der Waals surface area contributed by atoms with E-state index in [0.717, 1.165) is 18.4 Å². The maximum Gasteiger partial charge on any atom is 0.191 e. The Morgan fingerprint density at radius 3 is 2.70 bits per heavy atom. The fraction of sp³-hybridized carbons (Fsp3) is 0.333. The molecule has 0 spiro atoms. The van der Waals surface area contributed by atoms with Crippen LogP contribution in [-0.2, 0) is 6.61 Å². The van der Waals surface area contributed by atoms with E-state index < -0.39 is 5.82 Å². The van der Waals surface area contributed by atoms with Crippen molar-refractivity contribution in [2.24, 2.45) is 0 Å². The summed E-state index contributed by atoms with van der Waals surface area (Å²) in [6, 6.07) is 5.21. The monoisotopic (exact) mass is 413 g/mol. The molecule has 4 rings (SSSR count). The number of nitrogen functional groups attached to an aromatic ring is 1. The van der Waals surface area contributed by atoms with Gasteiger partial charge >= 0.3 is 0 Å². The highest BCUT2D eigenvalue weighted by atomic mass is 19.1. The molecule has 158 valence electrons. The summed E-state index contributed by atoms with van der Waals surface area (Å²) in [5.74, 6) is 0.212. The lowest BCUT2D eigenvalue weighted by molar-refractivity contribution is 0.281. The Morgan fingerprint density at radius 2 is 2.07 bits per heavy atom. The number of nitrogens with zero attached hydrogens (tertiary/aromatic N) is 2. The first kappa shape index (κ1) is 20.0. The minimum Gasteiger partial charge on any atom is -0.492 e. The molecule has 1 aromatic carbocycles. The van der Waals surface area contributed by atoms with Gasteiger partial charge in [-0.2, -0.15) is 0 Å². The third-order valence-corrected chi connectivity index (χ3v) is 5.18. The standard InChI is InChI=1S/C21H24FN5O3/c1-30-21-19(25-8-7-24-15-5-2-12(11-28)10-26-15)17(22)18(23)16-14(29)6-9-27(20(16)21)13-3-4-13/h2,5-6,9-10,13,25,28H,3-4,7-8,11,23H2,1H3,(H,24,26). The second kappa shape index (κ2) is 8.19. The van der Waals surface area contributed by atoms with Crippen LogP contribution in [0.25, 0.3) is 10.9 Å². The van der Waals surface area contributed by atoms with Crippen LogP contribution in [0.3, 0.4) is 0 Å². The number of hydrogen-bond donors (Lipinski definition) is 4. The number of nitrogens with one attached hydrogen (secondary N) is 2. The average Bonchev–Trinajstić information content (AvgIpc) is 3.60. The maximum absolute atomic E-state index is 15.1. The minimum atomic E-state index is -0.699. The lowest BCUT2D eigenvalue weighted by Gasteiger charge is -2.20. The van der Waals surface area contributed by atoms with Gasteiger partial charge in [0.25, 0.3) is 0 Å². The first-order valence-corrected chi connectivity index (χ1v) is 9.78. The molecule has 0 bridgehead atoms. The van der Waals surface area contributed by atoms with Crippen molar-refractivity contribution in [2.45, 2.75) is 25.5 Å². The predicted molar refractivity (Wildman–Crippen MR) is 115 cm³/mol. The minimum absolute atomic E-state index is 0.0662. The Labute approximate surface area is 172 Å². The van der Waals surface area contributed by atoms with E-state index in [1.54, 1.807) is 24.5 Å². The highest BCUT2D eigenvalue weighted by molar-refractivity contribution is 6.00. The number of aromatic nitrogens is 2. The Kier molecular flexibility index (Phi) is 5.45. The van der Waals surface area contributed by atoms with E-state index in [1.165, 1.54) is 13.2 Å². The molecular weight excluding hydrogens is 389 g/mol. The molecular formula is C21H24FN5O3. The van der Waals surface area contributed by atoms with Gasteiger partial charge in [-0.15, -0.1) is 0 Å². The van der Waals surface area contributed by atoms with Gasteiger partial charge in [0.15, 0.2) is 17.0 Å². The van der Waals surface area contributed by atoms with Crippen LogP contribution in [0.1, 0.15) is 24.4 Å². The Bertz CT molecular complexity index is 1130. The normalized spacial score (nSPS) is 13.4. The Balaban J connectivity index is 1.61. The largest absolute Gasteiger partial charge is 0.492 e. The molecule has 2 heterocycles. The number of fused-ring (bicyclic) bond motifs is 1. The van der Waals surface area contributed by atoms with Crippen molar-refractivity contribution in [3.8, 4) is 5.75 Å². The van der Waals surface area contributed by atoms with Crippen LogP contribution in [0.2, 0.25) is 0 Å². The Morgan fingerprint density at radius 1 is 1.30 bits per heavy atom. The molecule has 0 amide bonds. The van der Waals surface area contributed by atoms with Gasteiger partial charge in [-0.05, 0) is 24.5 Å². The SMILES string of the molecule is COc1c(NCCNc2ccc(CO)cn2)c(F)c(N)c2c(=O)ccn(C3CC3)c12. The van der Waals surface area contributed by atoms with Crippen molar-refractivity contribution in [1.82, 2.24) is 9.55 Å². The van der Waals surface area contributed by atoms with Gasteiger partial charge in [-0.25, -0.2) is 9.37 Å². The summed E-state index contributed by atoms with van der Waals surface area (Å²) in [5.41, 5.74) is 6.89. The van der Waals surface area contributed by atoms with Gasteiger partial charge < -0.3 is 30.8 Å². The molecule has 1 aliphatic rings. The highest BCUT2D eigenvalue weighted by Crippen LogP contribution is 2.44. The van der Waals surface area contributed by atoms with Gasteiger partial charge in [-0.1, -0.05) is 6.07 Å². The van der Waals surface area contributed by atoms with Crippen molar-refractivity contribution in [2.75, 3.05) is 36.6 Å². The number of hydrogen-bond acceptors (Lipinski definition) is 7. The van der Waals surface area contributed by atoms with Gasteiger partial charge in [0.05, 0.1) is 30.3 Å². The fourth-order valence-electron chi connectivity index (χ4n) is 3.52. The average molecular weight is 413 g/mol. The van der Waals surface area contributed by atoms with E-state index in [1.807, 2.05) is 4.57 Å². The van der Waals surface area contributed by atoms with Crippen molar-refractivity contribution in [3.63, 3.8) is 0 Å². The van der Waals surface area contributed by atoms with Crippen LogP contribution in [0.4, 0.5) is 21.6 Å². The highest BCUT2D eigenvalue weighted by Gasteiger charge is 2.29. The number of ether oxygens (including phenoxy) is 1. The van der Waals surface area contributed by atoms with Crippen LogP contribution in [0.5, 0.6) is 5.75 Å². The number of aliphatic hydroxyl groups excluding tert-OH is 1. The first-order valence-electron chi connectivity index (χ1n) is 9.78. The number of nitrogens with two attached hydrogens (primary N) is 1. The number of rotatable bonds is 8. The van der Waals surface area contributed by atoms with Crippen LogP contribution in [0.15, 0.2) is 35.4 Å². The quantitative estimate of drug-likeness (QED) is 0.331. The van der Waals surface area contributed by atoms with E-state index in [4.69, 9.17) is 15.6 Å². The van der Waals surface area contributed by atoms with Gasteiger partial charge in [0.1, 0.15) is 11.5 Å². The number of benzene rings is 1. The van der Waals surface area contributed by atoms with Crippen LogP contribution in [-0.4, -0.2) is 34.9 Å². The zero-order chi connectivity index (χ0) is 21.3. The molecule has 3 aromatic rings. The smallest absolute Gasteiger partial charge is 0.191 e. The summed E-state index contributed by atoms with van der Waals surface area (Å²) >= 11 is 0. The lowest BCUT2D eigenvalue weighted by atomic mass is 10.1. The number of aliphatic hydroxyl groups is 1. The van der Waals surface area contributed by atoms with Crippen molar-refractivity contribution in [3.05, 3.63) is 52.2 Å². The van der Waals surface area contributed by atoms with Crippen LogP contribution < -0.4 is 26.5 Å². The van der Waals surface area contributed by atoms with Crippen molar-refractivity contribution in [1.29, 1.82) is 0 Å². The molecule has 1 saturated carbocycles. The summed E-state index contributed by atoms with van der Waals surface area (Å²) < 4.78 is 22.5. The summed E-state index contributed by atoms with van der Waals surface area (Å²) in [7, 11) is 1.45. The summed E-state index contributed by atoms with van der Waals surface area (Å²) in [4.78, 5) is 16.6. The summed E-state index contributed by atoms with van der Waals surface area (Å²) in [6.45, 7) is 0.752. The van der Waals surface area contributed by atoms with Crippen molar-refractivity contribution < 1.29 is 14.2 Å². The number of pyridine rings is 2. The molecule has 8 nitrogen and oxygen atoms in total. The summed E-state index contributed by atoms with van der Waals surface area (Å²) in [5, 5.41) is 15.4. The van der Waals surface area contributed by atoms with E-state index in [9.17, 15) is 4.79 Å². The van der Waals surface area contributed by atoms with Crippen LogP contribution in [0, 0.1) is 5.82 Å². The molecule has 2 aromatic heterocycles. The molecule has 30 heavy (non-hydrogen) atoms. The maximum atomic E-state index is 15.1. The molecule has 0 aliphatic heterocycles. The molecule has 1 aliphatic carbocycles. The van der Waals surface area contributed by atoms with E-state index >= 15 is 4.39 Å². The van der Waals surface area contributed by atoms with E-state index in [2.05, 4.69) is 15.6 Å². The molecule has 0 unspecified atom stereocenters. The predicted octanol–water partition coefficient (Wildman–Crippen LogP) is 2.48. The lowest BCUT2D eigenvalue weighted by Crippen LogP contribution is -2.18. The molecule has 0 atom stereocenters. The van der Waals surface area contributed by atoms with Gasteiger partial charge in [-0.3, -0.25) is 4.79 Å². The first-order chi connectivity index (χ1) is 14.5. The van der Waals surface area contributed by atoms with E-state index in [0.29, 0.717) is 24.4 Å². The van der Waals surface area contributed by atoms with E-state index in [-0.39, 0.29) is 40.6 Å². The fourth-order valence-corrected chi connectivity index (χ4v) is 3.52. The number of methoxy groups -OCH3 is 1. The summed E-state index contributed by atoms with van der Waals surface area (Å²) in [6.07, 6.45) is 5.29. The topological polar surface area (TPSA) is 114 Å². The number of halogens is 1. The zero-order valence-electron chi connectivity index (χ0n) is 16.6. The van der Waals surface area contributed by atoms with Crippen molar-refractivity contribution >= 4 is 28.1 Å². The molecule has 0 radical (unpaired) electrons.